The van der Waals surface area contributed by atoms with Crippen molar-refractivity contribution in [2.45, 2.75) is 17.4 Å². The van der Waals surface area contributed by atoms with Crippen LogP contribution in [0, 0.1) is 0 Å². The first kappa shape index (κ1) is 12.7. The molecule has 0 saturated carbocycles. The van der Waals surface area contributed by atoms with Crippen molar-refractivity contribution in [2.24, 2.45) is 0 Å². The quantitative estimate of drug-likeness (QED) is 0.850. The molecule has 1 unspecified atom stereocenters. The molecule has 1 N–H and O–H groups in total. The number of hydrogen-bond donors (Lipinski definition) is 1. The predicted octanol–water partition coefficient (Wildman–Crippen LogP) is 2.22. The Morgan fingerprint density at radius 2 is 2.22 bits per heavy atom. The van der Waals surface area contributed by atoms with E-state index in [-0.39, 0.29) is 5.91 Å². The number of benzene rings is 1. The molecule has 1 aromatic rings. The van der Waals surface area contributed by atoms with Gasteiger partial charge in [0.05, 0.1) is 0 Å². The van der Waals surface area contributed by atoms with Gasteiger partial charge in [0.2, 0.25) is 0 Å². The van der Waals surface area contributed by atoms with E-state index in [1.54, 1.807) is 42.2 Å². The number of thioether (sulfide) groups is 1. The summed E-state index contributed by atoms with van der Waals surface area (Å²) in [5, 5.41) is 9.04. The number of hydrogen-bond acceptors (Lipinski definition) is 3. The Hall–Kier alpha value is -1.75. The zero-order chi connectivity index (χ0) is 13.1. The number of carboxylic acid groups (broad SMARTS) is 1. The molecule has 18 heavy (non-hydrogen) atoms. The predicted molar refractivity (Wildman–Crippen MR) is 69.6 cm³/mol. The fourth-order valence-corrected chi connectivity index (χ4v) is 2.31. The Morgan fingerprint density at radius 3 is 2.89 bits per heavy atom. The van der Waals surface area contributed by atoms with Crippen LogP contribution >= 0.6 is 11.8 Å². The van der Waals surface area contributed by atoms with Crippen LogP contribution < -0.4 is 0 Å². The molecule has 0 bridgehead atoms. The lowest BCUT2D eigenvalue weighted by atomic mass is 10.1. The lowest BCUT2D eigenvalue weighted by Gasteiger charge is -2.20. The molecule has 0 saturated heterocycles. The van der Waals surface area contributed by atoms with Crippen LogP contribution in [0.15, 0.2) is 41.4 Å². The van der Waals surface area contributed by atoms with Gasteiger partial charge in [-0.1, -0.05) is 12.1 Å². The Bertz CT molecular complexity index is 513. The van der Waals surface area contributed by atoms with Crippen LogP contribution in [0.1, 0.15) is 16.8 Å². The van der Waals surface area contributed by atoms with Gasteiger partial charge in [0, 0.05) is 16.7 Å². The van der Waals surface area contributed by atoms with Crippen molar-refractivity contribution in [3.8, 4) is 0 Å². The monoisotopic (exact) mass is 263 g/mol. The summed E-state index contributed by atoms with van der Waals surface area (Å²) < 4.78 is 0. The Labute approximate surface area is 109 Å². The fourth-order valence-electron chi connectivity index (χ4n) is 1.85. The second kappa shape index (κ2) is 5.27. The van der Waals surface area contributed by atoms with Gasteiger partial charge in [-0.05, 0) is 30.9 Å². The van der Waals surface area contributed by atoms with Gasteiger partial charge in [-0.15, -0.1) is 11.8 Å². The van der Waals surface area contributed by atoms with Gasteiger partial charge in [0.25, 0.3) is 5.91 Å². The first-order valence-electron chi connectivity index (χ1n) is 5.49. The molecule has 94 valence electrons. The van der Waals surface area contributed by atoms with Crippen molar-refractivity contribution in [3.63, 3.8) is 0 Å². The lowest BCUT2D eigenvalue weighted by molar-refractivity contribution is -0.141. The molecule has 1 aliphatic heterocycles. The highest BCUT2D eigenvalue weighted by atomic mass is 32.2. The van der Waals surface area contributed by atoms with E-state index in [2.05, 4.69) is 0 Å². The fraction of sp³-hybridized carbons (Fsp3) is 0.231. The Morgan fingerprint density at radius 1 is 1.44 bits per heavy atom. The topological polar surface area (TPSA) is 57.6 Å². The molecule has 4 nitrogen and oxygen atoms in total. The van der Waals surface area contributed by atoms with Crippen LogP contribution in [0.4, 0.5) is 0 Å². The van der Waals surface area contributed by atoms with Crippen molar-refractivity contribution >= 4 is 23.6 Å². The number of carbonyl (C=O) groups excluding carboxylic acids is 1. The highest BCUT2D eigenvalue weighted by molar-refractivity contribution is 7.98. The van der Waals surface area contributed by atoms with Crippen LogP contribution in [0.3, 0.4) is 0 Å². The van der Waals surface area contributed by atoms with E-state index < -0.39 is 12.0 Å². The van der Waals surface area contributed by atoms with Crippen LogP contribution in [-0.2, 0) is 4.79 Å². The van der Waals surface area contributed by atoms with Crippen LogP contribution in [-0.4, -0.2) is 34.2 Å². The molecule has 1 amide bonds. The Balaban J connectivity index is 2.25. The van der Waals surface area contributed by atoms with Crippen LogP contribution in [0.5, 0.6) is 0 Å². The molecular weight excluding hydrogens is 250 g/mol. The number of carbonyl (C=O) groups is 2. The molecule has 2 rings (SSSR count). The van der Waals surface area contributed by atoms with Crippen molar-refractivity contribution in [3.05, 3.63) is 42.1 Å². The van der Waals surface area contributed by atoms with Crippen molar-refractivity contribution in [1.82, 2.24) is 4.90 Å². The zero-order valence-electron chi connectivity index (χ0n) is 9.87. The molecule has 0 spiro atoms. The molecule has 1 aliphatic rings. The molecule has 0 aromatic heterocycles. The molecule has 0 aliphatic carbocycles. The molecule has 1 aromatic carbocycles. The maximum Gasteiger partial charge on any atom is 0.327 e. The van der Waals surface area contributed by atoms with Gasteiger partial charge < -0.3 is 10.0 Å². The lowest BCUT2D eigenvalue weighted by Crippen LogP contribution is -2.38. The minimum Gasteiger partial charge on any atom is -0.480 e. The molecule has 5 heteroatoms. The van der Waals surface area contributed by atoms with E-state index in [9.17, 15) is 9.59 Å². The van der Waals surface area contributed by atoms with Crippen LogP contribution in [0.25, 0.3) is 0 Å². The molecule has 0 fully saturated rings. The van der Waals surface area contributed by atoms with Crippen LogP contribution in [0.2, 0.25) is 0 Å². The average Bonchev–Trinajstić information content (AvgIpc) is 2.87. The van der Waals surface area contributed by atoms with Gasteiger partial charge in [-0.2, -0.15) is 0 Å². The van der Waals surface area contributed by atoms with E-state index >= 15 is 0 Å². The molecular formula is C13H13NO3S. The summed E-state index contributed by atoms with van der Waals surface area (Å²) in [5.41, 5.74) is 0.514. The summed E-state index contributed by atoms with van der Waals surface area (Å²) in [7, 11) is 0. The maximum absolute atomic E-state index is 12.2. The first-order chi connectivity index (χ1) is 8.63. The number of amides is 1. The van der Waals surface area contributed by atoms with Crippen molar-refractivity contribution < 1.29 is 14.7 Å². The third-order valence-corrected chi connectivity index (χ3v) is 3.52. The molecule has 1 heterocycles. The molecule has 0 radical (unpaired) electrons. The van der Waals surface area contributed by atoms with E-state index in [1.807, 2.05) is 12.3 Å². The largest absolute Gasteiger partial charge is 0.480 e. The first-order valence-corrected chi connectivity index (χ1v) is 6.72. The minimum atomic E-state index is -0.977. The number of rotatable bonds is 3. The van der Waals surface area contributed by atoms with E-state index in [0.29, 0.717) is 12.0 Å². The van der Waals surface area contributed by atoms with Gasteiger partial charge >= 0.3 is 5.97 Å². The smallest absolute Gasteiger partial charge is 0.327 e. The number of nitrogens with zero attached hydrogens (tertiary/aromatic N) is 1. The summed E-state index contributed by atoms with van der Waals surface area (Å²) in [6.07, 6.45) is 5.55. The third-order valence-electron chi connectivity index (χ3n) is 2.80. The summed E-state index contributed by atoms with van der Waals surface area (Å²) in [6.45, 7) is 0. The summed E-state index contributed by atoms with van der Waals surface area (Å²) in [5.74, 6) is -1.25. The highest BCUT2D eigenvalue weighted by Crippen LogP contribution is 2.21. The SMILES string of the molecule is CSc1cccc(C(=O)N2C=CCC2C(=O)O)c1. The summed E-state index contributed by atoms with van der Waals surface area (Å²) in [4.78, 5) is 25.5. The summed E-state index contributed by atoms with van der Waals surface area (Å²) in [6, 6.07) is 6.41. The summed E-state index contributed by atoms with van der Waals surface area (Å²) >= 11 is 1.54. The van der Waals surface area contributed by atoms with Gasteiger partial charge in [-0.25, -0.2) is 4.79 Å². The van der Waals surface area contributed by atoms with E-state index in [0.717, 1.165) is 4.90 Å². The normalized spacial score (nSPS) is 18.1. The zero-order valence-corrected chi connectivity index (χ0v) is 10.7. The van der Waals surface area contributed by atoms with E-state index in [1.165, 1.54) is 4.90 Å². The highest BCUT2D eigenvalue weighted by Gasteiger charge is 2.31. The van der Waals surface area contributed by atoms with Crippen molar-refractivity contribution in [1.29, 1.82) is 0 Å². The van der Waals surface area contributed by atoms with Gasteiger partial charge in [0.15, 0.2) is 0 Å². The second-order valence-corrected chi connectivity index (χ2v) is 4.80. The molecule has 1 atom stereocenters. The minimum absolute atomic E-state index is 0.271. The van der Waals surface area contributed by atoms with E-state index in [4.69, 9.17) is 5.11 Å². The maximum atomic E-state index is 12.2. The van der Waals surface area contributed by atoms with Gasteiger partial charge in [0.1, 0.15) is 6.04 Å². The Kier molecular flexibility index (Phi) is 3.72. The second-order valence-electron chi connectivity index (χ2n) is 3.92. The third kappa shape index (κ3) is 2.41. The standard InChI is InChI=1S/C13H13NO3S/c1-18-10-5-2-4-9(8-10)12(15)14-7-3-6-11(14)13(16)17/h2-5,7-8,11H,6H2,1H3,(H,16,17). The van der Waals surface area contributed by atoms with Gasteiger partial charge in [-0.3, -0.25) is 4.79 Å². The number of carboxylic acids is 1. The van der Waals surface area contributed by atoms with Crippen molar-refractivity contribution in [2.75, 3.05) is 6.26 Å². The number of aliphatic carboxylic acids is 1. The average molecular weight is 263 g/mol.